The van der Waals surface area contributed by atoms with Crippen molar-refractivity contribution in [3.8, 4) is 0 Å². The highest BCUT2D eigenvalue weighted by molar-refractivity contribution is 7.89. The van der Waals surface area contributed by atoms with E-state index in [1.165, 1.54) is 24.3 Å². The highest BCUT2D eigenvalue weighted by atomic mass is 32.2. The number of nitrogens with one attached hydrogen (secondary N) is 2. The number of nitrogens with two attached hydrogens (primary N) is 1. The molecule has 2 aromatic carbocycles. The van der Waals surface area contributed by atoms with E-state index in [1.807, 2.05) is 0 Å². The number of sulfonamides is 1. The first kappa shape index (κ1) is 20.5. The number of nitrogens with zero attached hydrogens (tertiary/aromatic N) is 1. The third-order valence-corrected chi connectivity index (χ3v) is 6.31. The van der Waals surface area contributed by atoms with Gasteiger partial charge in [-0.15, -0.1) is 0 Å². The molecular formula is C19H20N4O5S. The predicted octanol–water partition coefficient (Wildman–Crippen LogP) is -0.236. The van der Waals surface area contributed by atoms with Crippen molar-refractivity contribution >= 4 is 27.7 Å². The molecule has 29 heavy (non-hydrogen) atoms. The molecule has 3 amide bonds. The Morgan fingerprint density at radius 1 is 1.07 bits per heavy atom. The van der Waals surface area contributed by atoms with Crippen LogP contribution in [0.25, 0.3) is 0 Å². The van der Waals surface area contributed by atoms with Crippen LogP contribution in [0.2, 0.25) is 0 Å². The van der Waals surface area contributed by atoms with Crippen molar-refractivity contribution in [1.29, 1.82) is 0 Å². The van der Waals surface area contributed by atoms with Crippen molar-refractivity contribution in [2.75, 3.05) is 19.6 Å². The average Bonchev–Trinajstić information content (AvgIpc) is 2.72. The van der Waals surface area contributed by atoms with Crippen molar-refractivity contribution < 1.29 is 22.8 Å². The number of hydrogen-bond donors (Lipinski definition) is 3. The van der Waals surface area contributed by atoms with E-state index in [4.69, 9.17) is 5.73 Å². The molecule has 1 heterocycles. The number of hydrogen-bond acceptors (Lipinski definition) is 5. The molecule has 0 spiro atoms. The lowest BCUT2D eigenvalue weighted by Gasteiger charge is -2.25. The van der Waals surface area contributed by atoms with Gasteiger partial charge in [0, 0.05) is 18.7 Å². The first-order valence-electron chi connectivity index (χ1n) is 8.81. The normalized spacial score (nSPS) is 15.9. The summed E-state index contributed by atoms with van der Waals surface area (Å²) in [4.78, 5) is 35.7. The summed E-state index contributed by atoms with van der Waals surface area (Å²) in [6.45, 7) is 0.169. The lowest BCUT2D eigenvalue weighted by Crippen LogP contribution is -2.49. The van der Waals surface area contributed by atoms with Gasteiger partial charge in [0.2, 0.25) is 21.8 Å². The van der Waals surface area contributed by atoms with E-state index in [0.717, 1.165) is 4.31 Å². The van der Waals surface area contributed by atoms with Gasteiger partial charge in [-0.1, -0.05) is 30.3 Å². The fraction of sp³-hybridized carbons (Fsp3) is 0.211. The van der Waals surface area contributed by atoms with E-state index in [-0.39, 0.29) is 36.0 Å². The van der Waals surface area contributed by atoms with Crippen molar-refractivity contribution in [2.24, 2.45) is 5.73 Å². The van der Waals surface area contributed by atoms with Gasteiger partial charge in [0.05, 0.1) is 11.4 Å². The van der Waals surface area contributed by atoms with Crippen LogP contribution < -0.4 is 16.4 Å². The summed E-state index contributed by atoms with van der Waals surface area (Å²) in [6, 6.07) is 12.8. The predicted molar refractivity (Wildman–Crippen MR) is 104 cm³/mol. The van der Waals surface area contributed by atoms with E-state index < -0.39 is 27.9 Å². The third-order valence-electron chi connectivity index (χ3n) is 4.45. The lowest BCUT2D eigenvalue weighted by atomic mass is 10.1. The van der Waals surface area contributed by atoms with Crippen LogP contribution in [0, 0.1) is 0 Å². The minimum Gasteiger partial charge on any atom is -0.368 e. The fourth-order valence-corrected chi connectivity index (χ4v) is 4.32. The molecule has 9 nitrogen and oxygen atoms in total. The molecule has 4 N–H and O–H groups in total. The van der Waals surface area contributed by atoms with Crippen LogP contribution in [0.1, 0.15) is 22.0 Å². The molecule has 1 aliphatic rings. The van der Waals surface area contributed by atoms with Crippen LogP contribution in [0.5, 0.6) is 0 Å². The summed E-state index contributed by atoms with van der Waals surface area (Å²) < 4.78 is 26.4. The third kappa shape index (κ3) is 4.61. The Balaban J connectivity index is 1.76. The van der Waals surface area contributed by atoms with Crippen LogP contribution in [-0.4, -0.2) is 50.1 Å². The van der Waals surface area contributed by atoms with Crippen LogP contribution in [-0.2, 0) is 19.6 Å². The molecule has 1 aliphatic heterocycles. The maximum atomic E-state index is 12.7. The second-order valence-electron chi connectivity index (χ2n) is 6.43. The Kier molecular flexibility index (Phi) is 5.95. The number of carbonyl (C=O) groups is 3. The second-order valence-corrected chi connectivity index (χ2v) is 8.37. The standard InChI is InChI=1S/C19H20N4O5S/c20-18(25)17(13-4-2-1-3-5-13)22-19(26)14-6-8-15(9-7-14)29(27,28)23-11-10-21-16(24)12-23/h1-9,17H,10-12H2,(H2,20,25)(H,21,24)(H,22,26). The van der Waals surface area contributed by atoms with Gasteiger partial charge in [0.15, 0.2) is 0 Å². The Bertz CT molecular complexity index is 1020. The second kappa shape index (κ2) is 8.41. The maximum Gasteiger partial charge on any atom is 0.252 e. The molecule has 10 heteroatoms. The summed E-state index contributed by atoms with van der Waals surface area (Å²) in [5.41, 5.74) is 6.11. The zero-order valence-electron chi connectivity index (χ0n) is 15.4. The van der Waals surface area contributed by atoms with Crippen LogP contribution in [0.3, 0.4) is 0 Å². The molecular weight excluding hydrogens is 396 g/mol. The van der Waals surface area contributed by atoms with Gasteiger partial charge in [-0.3, -0.25) is 14.4 Å². The lowest BCUT2D eigenvalue weighted by molar-refractivity contribution is -0.122. The minimum absolute atomic E-state index is 0.0294. The molecule has 2 aromatic rings. The Morgan fingerprint density at radius 3 is 2.31 bits per heavy atom. The first-order chi connectivity index (χ1) is 13.8. The molecule has 0 bridgehead atoms. The van der Waals surface area contributed by atoms with Crippen LogP contribution in [0.15, 0.2) is 59.5 Å². The number of piperazine rings is 1. The van der Waals surface area contributed by atoms with E-state index in [2.05, 4.69) is 10.6 Å². The molecule has 1 atom stereocenters. The summed E-state index contributed by atoms with van der Waals surface area (Å²) >= 11 is 0. The van der Waals surface area contributed by atoms with E-state index in [9.17, 15) is 22.8 Å². The number of rotatable bonds is 6. The van der Waals surface area contributed by atoms with Crippen molar-refractivity contribution in [1.82, 2.24) is 14.9 Å². The highest BCUT2D eigenvalue weighted by Gasteiger charge is 2.29. The van der Waals surface area contributed by atoms with E-state index in [0.29, 0.717) is 5.56 Å². The quantitative estimate of drug-likeness (QED) is 0.597. The highest BCUT2D eigenvalue weighted by Crippen LogP contribution is 2.18. The SMILES string of the molecule is NC(=O)C(NC(=O)c1ccc(S(=O)(=O)N2CCNC(=O)C2)cc1)c1ccccc1. The molecule has 1 fully saturated rings. The van der Waals surface area contributed by atoms with Crippen LogP contribution >= 0.6 is 0 Å². The van der Waals surface area contributed by atoms with Gasteiger partial charge >= 0.3 is 0 Å². The Hall–Kier alpha value is -3.24. The van der Waals surface area contributed by atoms with Gasteiger partial charge in [0.1, 0.15) is 6.04 Å². The summed E-state index contributed by atoms with van der Waals surface area (Å²) in [5, 5.41) is 5.11. The summed E-state index contributed by atoms with van der Waals surface area (Å²) in [5.74, 6) is -1.65. The largest absolute Gasteiger partial charge is 0.368 e. The Morgan fingerprint density at radius 2 is 1.72 bits per heavy atom. The summed E-state index contributed by atoms with van der Waals surface area (Å²) in [6.07, 6.45) is 0. The molecule has 0 aromatic heterocycles. The van der Waals surface area contributed by atoms with Crippen molar-refractivity contribution in [3.05, 3.63) is 65.7 Å². The number of amides is 3. The van der Waals surface area contributed by atoms with Gasteiger partial charge < -0.3 is 16.4 Å². The molecule has 0 saturated carbocycles. The zero-order chi connectivity index (χ0) is 21.0. The topological polar surface area (TPSA) is 139 Å². The van der Waals surface area contributed by atoms with Crippen molar-refractivity contribution in [2.45, 2.75) is 10.9 Å². The summed E-state index contributed by atoms with van der Waals surface area (Å²) in [7, 11) is -3.85. The first-order valence-corrected chi connectivity index (χ1v) is 10.2. The molecule has 1 saturated heterocycles. The van der Waals surface area contributed by atoms with Crippen molar-refractivity contribution in [3.63, 3.8) is 0 Å². The van der Waals surface area contributed by atoms with E-state index >= 15 is 0 Å². The number of benzene rings is 2. The molecule has 152 valence electrons. The zero-order valence-corrected chi connectivity index (χ0v) is 16.2. The molecule has 3 rings (SSSR count). The fourth-order valence-electron chi connectivity index (χ4n) is 2.93. The monoisotopic (exact) mass is 416 g/mol. The smallest absolute Gasteiger partial charge is 0.252 e. The average molecular weight is 416 g/mol. The van der Waals surface area contributed by atoms with Gasteiger partial charge in [-0.05, 0) is 29.8 Å². The van der Waals surface area contributed by atoms with Gasteiger partial charge in [0.25, 0.3) is 5.91 Å². The van der Waals surface area contributed by atoms with E-state index in [1.54, 1.807) is 30.3 Å². The van der Waals surface area contributed by atoms with Gasteiger partial charge in [-0.25, -0.2) is 8.42 Å². The molecule has 0 aliphatic carbocycles. The van der Waals surface area contributed by atoms with Crippen LogP contribution in [0.4, 0.5) is 0 Å². The number of carbonyl (C=O) groups excluding carboxylic acids is 3. The minimum atomic E-state index is -3.85. The molecule has 0 radical (unpaired) electrons. The molecule has 1 unspecified atom stereocenters. The number of primary amides is 1. The van der Waals surface area contributed by atoms with Gasteiger partial charge in [-0.2, -0.15) is 4.31 Å². The Labute approximate surface area is 167 Å². The maximum absolute atomic E-state index is 12.7.